The van der Waals surface area contributed by atoms with Crippen molar-refractivity contribution in [3.63, 3.8) is 0 Å². The molecular weight excluding hydrogens is 392 g/mol. The predicted octanol–water partition coefficient (Wildman–Crippen LogP) is 5.55. The van der Waals surface area contributed by atoms with E-state index in [0.29, 0.717) is 11.1 Å². The third-order valence-electron chi connectivity index (χ3n) is 5.37. The molecule has 0 fully saturated rings. The van der Waals surface area contributed by atoms with E-state index in [1.165, 1.54) is 6.07 Å². The number of nitro groups is 1. The molecule has 5 rings (SSSR count). The Hall–Kier alpha value is -4.32. The second-order valence-electron chi connectivity index (χ2n) is 7.33. The minimum absolute atomic E-state index is 0.0475. The Morgan fingerprint density at radius 3 is 2.23 bits per heavy atom. The van der Waals surface area contributed by atoms with Crippen molar-refractivity contribution in [3.05, 3.63) is 105 Å². The van der Waals surface area contributed by atoms with Gasteiger partial charge in [-0.2, -0.15) is 0 Å². The van der Waals surface area contributed by atoms with Gasteiger partial charge in [0.15, 0.2) is 5.70 Å². The summed E-state index contributed by atoms with van der Waals surface area (Å²) in [7, 11) is 0. The van der Waals surface area contributed by atoms with E-state index in [4.69, 9.17) is 4.74 Å². The molecule has 0 bridgehead atoms. The van der Waals surface area contributed by atoms with Gasteiger partial charge >= 0.3 is 5.97 Å². The molecule has 0 aromatic heterocycles. The first-order valence-electron chi connectivity index (χ1n) is 9.70. The quantitative estimate of drug-likeness (QED) is 0.146. The molecule has 150 valence electrons. The number of nitrogens with zero attached hydrogens (tertiary/aromatic N) is 2. The van der Waals surface area contributed by atoms with Gasteiger partial charge in [-0.3, -0.25) is 10.1 Å². The van der Waals surface area contributed by atoms with E-state index < -0.39 is 10.9 Å². The number of rotatable bonds is 3. The van der Waals surface area contributed by atoms with Gasteiger partial charge in [-0.25, -0.2) is 9.79 Å². The first kappa shape index (κ1) is 18.7. The molecule has 4 aromatic rings. The maximum absolute atomic E-state index is 12.6. The van der Waals surface area contributed by atoms with Crippen LogP contribution in [-0.4, -0.2) is 16.8 Å². The van der Waals surface area contributed by atoms with Gasteiger partial charge in [0.25, 0.3) is 5.69 Å². The van der Waals surface area contributed by atoms with Crippen LogP contribution < -0.4 is 0 Å². The largest absolute Gasteiger partial charge is 0.402 e. The van der Waals surface area contributed by atoms with Gasteiger partial charge in [-0.15, -0.1) is 0 Å². The maximum Gasteiger partial charge on any atom is 0.363 e. The number of aryl methyl sites for hydroxylation is 1. The molecule has 0 spiro atoms. The Kier molecular flexibility index (Phi) is 4.33. The lowest BCUT2D eigenvalue weighted by Gasteiger charge is -2.08. The van der Waals surface area contributed by atoms with E-state index in [9.17, 15) is 14.9 Å². The zero-order valence-corrected chi connectivity index (χ0v) is 16.5. The third-order valence-corrected chi connectivity index (χ3v) is 5.37. The summed E-state index contributed by atoms with van der Waals surface area (Å²) >= 11 is 0. The van der Waals surface area contributed by atoms with Crippen molar-refractivity contribution in [2.45, 2.75) is 6.92 Å². The summed E-state index contributed by atoms with van der Waals surface area (Å²) in [5.74, 6) is -0.529. The van der Waals surface area contributed by atoms with E-state index >= 15 is 0 Å². The second kappa shape index (κ2) is 7.18. The molecule has 6 nitrogen and oxygen atoms in total. The Labute approximate surface area is 177 Å². The minimum Gasteiger partial charge on any atom is -0.402 e. The molecule has 0 saturated heterocycles. The topological polar surface area (TPSA) is 81.8 Å². The highest BCUT2D eigenvalue weighted by molar-refractivity contribution is 6.15. The van der Waals surface area contributed by atoms with E-state index in [1.54, 1.807) is 25.1 Å². The molecule has 0 saturated carbocycles. The summed E-state index contributed by atoms with van der Waals surface area (Å²) in [4.78, 5) is 27.7. The molecule has 0 unspecified atom stereocenters. The molecule has 0 atom stereocenters. The van der Waals surface area contributed by atoms with Gasteiger partial charge in [-0.1, -0.05) is 54.6 Å². The van der Waals surface area contributed by atoms with Crippen LogP contribution in [0.5, 0.6) is 0 Å². The number of benzene rings is 4. The first-order chi connectivity index (χ1) is 15.0. The van der Waals surface area contributed by atoms with Crippen LogP contribution in [0.1, 0.15) is 16.7 Å². The Bertz CT molecular complexity index is 1410. The van der Waals surface area contributed by atoms with E-state index in [1.807, 2.05) is 48.5 Å². The fraction of sp³-hybridized carbons (Fsp3) is 0.0400. The molecule has 4 aromatic carbocycles. The van der Waals surface area contributed by atoms with Crippen LogP contribution in [0.25, 0.3) is 27.6 Å². The number of nitro benzene ring substituents is 1. The van der Waals surface area contributed by atoms with Gasteiger partial charge in [-0.05, 0) is 52.2 Å². The summed E-state index contributed by atoms with van der Waals surface area (Å²) in [5, 5.41) is 15.4. The van der Waals surface area contributed by atoms with Crippen LogP contribution in [-0.2, 0) is 9.53 Å². The van der Waals surface area contributed by atoms with E-state index in [0.717, 1.165) is 27.1 Å². The van der Waals surface area contributed by atoms with Gasteiger partial charge in [0.2, 0.25) is 5.90 Å². The highest BCUT2D eigenvalue weighted by Gasteiger charge is 2.26. The smallest absolute Gasteiger partial charge is 0.363 e. The predicted molar refractivity (Wildman–Crippen MR) is 120 cm³/mol. The van der Waals surface area contributed by atoms with Crippen LogP contribution in [0.4, 0.5) is 5.69 Å². The fourth-order valence-corrected chi connectivity index (χ4v) is 3.81. The highest BCUT2D eigenvalue weighted by Crippen LogP contribution is 2.32. The molecular formula is C25H16N2O4. The van der Waals surface area contributed by atoms with Crippen molar-refractivity contribution in [1.29, 1.82) is 0 Å². The molecule has 1 aliphatic rings. The third kappa shape index (κ3) is 3.24. The van der Waals surface area contributed by atoms with Gasteiger partial charge in [0.1, 0.15) is 0 Å². The monoisotopic (exact) mass is 408 g/mol. The number of aliphatic imine (C=N–C) groups is 1. The molecule has 0 aliphatic carbocycles. The number of fused-ring (bicyclic) bond motifs is 2. The summed E-state index contributed by atoms with van der Waals surface area (Å²) in [6.45, 7) is 1.65. The number of carbonyl (C=O) groups is 1. The fourth-order valence-electron chi connectivity index (χ4n) is 3.81. The van der Waals surface area contributed by atoms with Crippen LogP contribution in [0, 0.1) is 17.0 Å². The Morgan fingerprint density at radius 1 is 0.935 bits per heavy atom. The number of esters is 1. The zero-order valence-electron chi connectivity index (χ0n) is 16.5. The van der Waals surface area contributed by atoms with Crippen molar-refractivity contribution in [2.24, 2.45) is 4.99 Å². The van der Waals surface area contributed by atoms with Crippen LogP contribution >= 0.6 is 0 Å². The van der Waals surface area contributed by atoms with Crippen molar-refractivity contribution >= 4 is 45.2 Å². The number of ether oxygens (including phenoxy) is 1. The molecule has 31 heavy (non-hydrogen) atoms. The van der Waals surface area contributed by atoms with Crippen LogP contribution in [0.2, 0.25) is 0 Å². The summed E-state index contributed by atoms with van der Waals surface area (Å²) in [5.41, 5.74) is 1.89. The van der Waals surface area contributed by atoms with Gasteiger partial charge in [0.05, 0.1) is 4.92 Å². The lowest BCUT2D eigenvalue weighted by atomic mass is 9.96. The number of carbonyl (C=O) groups excluding carboxylic acids is 1. The standard InChI is InChI=1S/C25H16N2O4/c1-15-10-11-18(13-23(15)27(29)30)24-26-22(25(28)31-24)14-21-19-8-4-2-6-16(19)12-17-7-3-5-9-20(17)21/h2-14H,1H3/b22-14-. The number of hydrogen-bond acceptors (Lipinski definition) is 5. The van der Waals surface area contributed by atoms with Crippen LogP contribution in [0.15, 0.2) is 83.5 Å². The van der Waals surface area contributed by atoms with Crippen molar-refractivity contribution in [3.8, 4) is 0 Å². The lowest BCUT2D eigenvalue weighted by molar-refractivity contribution is -0.385. The highest BCUT2D eigenvalue weighted by atomic mass is 16.6. The summed E-state index contributed by atoms with van der Waals surface area (Å²) in [6, 6.07) is 22.7. The minimum atomic E-state index is -0.588. The number of cyclic esters (lactones) is 1. The molecule has 0 radical (unpaired) electrons. The van der Waals surface area contributed by atoms with Crippen LogP contribution in [0.3, 0.4) is 0 Å². The molecule has 0 amide bonds. The van der Waals surface area contributed by atoms with Gasteiger partial charge < -0.3 is 4.74 Å². The molecule has 1 heterocycles. The summed E-state index contributed by atoms with van der Waals surface area (Å²) in [6.07, 6.45) is 1.72. The van der Waals surface area contributed by atoms with Gasteiger partial charge in [0, 0.05) is 17.2 Å². The normalized spacial score (nSPS) is 14.8. The zero-order chi connectivity index (χ0) is 21.5. The number of hydrogen-bond donors (Lipinski definition) is 0. The van der Waals surface area contributed by atoms with E-state index in [2.05, 4.69) is 11.1 Å². The first-order valence-corrected chi connectivity index (χ1v) is 9.70. The second-order valence-corrected chi connectivity index (χ2v) is 7.33. The maximum atomic E-state index is 12.6. The average Bonchev–Trinajstić information content (AvgIpc) is 3.14. The Balaban J connectivity index is 1.67. The molecule has 1 aliphatic heterocycles. The van der Waals surface area contributed by atoms with Crippen molar-refractivity contribution < 1.29 is 14.5 Å². The van der Waals surface area contributed by atoms with E-state index in [-0.39, 0.29) is 17.3 Å². The molecule has 0 N–H and O–H groups in total. The van der Waals surface area contributed by atoms with Crippen molar-refractivity contribution in [2.75, 3.05) is 0 Å². The van der Waals surface area contributed by atoms with Crippen molar-refractivity contribution in [1.82, 2.24) is 0 Å². The summed E-state index contributed by atoms with van der Waals surface area (Å²) < 4.78 is 5.35. The average molecular weight is 408 g/mol. The SMILES string of the molecule is Cc1ccc(C2=N/C(=C\c3c4ccccc4cc4ccccc34)C(=O)O2)cc1[N+](=O)[O-]. The Morgan fingerprint density at radius 2 is 1.58 bits per heavy atom. The molecule has 6 heteroatoms. The lowest BCUT2D eigenvalue weighted by Crippen LogP contribution is -2.06.